The molecule has 0 spiro atoms. The summed E-state index contributed by atoms with van der Waals surface area (Å²) in [7, 11) is 0. The molecule has 0 bridgehead atoms. The number of aromatic nitrogens is 4. The number of H-pyrrole nitrogens is 1. The molecule has 110 valence electrons. The smallest absolute Gasteiger partial charge is 0.231 e. The Labute approximate surface area is 135 Å². The summed E-state index contributed by atoms with van der Waals surface area (Å²) in [5, 5.41) is 15.2. The average molecular weight is 335 g/mol. The van der Waals surface area contributed by atoms with E-state index in [0.717, 1.165) is 17.0 Å². The van der Waals surface area contributed by atoms with E-state index in [2.05, 4.69) is 20.4 Å². The van der Waals surface area contributed by atoms with Crippen molar-refractivity contribution in [2.75, 3.05) is 6.79 Å². The topological polar surface area (TPSA) is 72.9 Å². The van der Waals surface area contributed by atoms with Crippen LogP contribution in [0.15, 0.2) is 30.3 Å². The molecule has 3 heterocycles. The SMILES string of the molecule is Clc1cc(-c2cc(-c3ccc4c(c3)OCO4)n[nH]2)c(Cl)nn1. The second kappa shape index (κ2) is 5.15. The fraction of sp³-hybridized carbons (Fsp3) is 0.0714. The van der Waals surface area contributed by atoms with E-state index in [9.17, 15) is 0 Å². The van der Waals surface area contributed by atoms with E-state index in [4.69, 9.17) is 32.7 Å². The minimum Gasteiger partial charge on any atom is -0.454 e. The zero-order valence-corrected chi connectivity index (χ0v) is 12.5. The second-order valence-electron chi connectivity index (χ2n) is 4.61. The monoisotopic (exact) mass is 334 g/mol. The van der Waals surface area contributed by atoms with Crippen molar-refractivity contribution < 1.29 is 9.47 Å². The summed E-state index contributed by atoms with van der Waals surface area (Å²) in [5.74, 6) is 1.43. The normalized spacial score (nSPS) is 12.6. The van der Waals surface area contributed by atoms with Gasteiger partial charge in [0.15, 0.2) is 21.8 Å². The van der Waals surface area contributed by atoms with Gasteiger partial charge in [-0.25, -0.2) is 0 Å². The fourth-order valence-corrected chi connectivity index (χ4v) is 2.55. The first-order chi connectivity index (χ1) is 10.7. The van der Waals surface area contributed by atoms with Crippen molar-refractivity contribution in [2.24, 2.45) is 0 Å². The summed E-state index contributed by atoms with van der Waals surface area (Å²) in [4.78, 5) is 0. The molecule has 8 heteroatoms. The van der Waals surface area contributed by atoms with E-state index in [-0.39, 0.29) is 17.1 Å². The number of rotatable bonds is 2. The van der Waals surface area contributed by atoms with Crippen LogP contribution in [0, 0.1) is 0 Å². The lowest BCUT2D eigenvalue weighted by molar-refractivity contribution is 0.174. The molecule has 0 radical (unpaired) electrons. The number of hydrogen-bond acceptors (Lipinski definition) is 5. The van der Waals surface area contributed by atoms with Crippen molar-refractivity contribution in [3.8, 4) is 34.0 Å². The maximum absolute atomic E-state index is 6.05. The molecule has 0 saturated carbocycles. The highest BCUT2D eigenvalue weighted by atomic mass is 35.5. The molecule has 1 N–H and O–H groups in total. The van der Waals surface area contributed by atoms with E-state index in [1.54, 1.807) is 6.07 Å². The largest absolute Gasteiger partial charge is 0.454 e. The van der Waals surface area contributed by atoms with Crippen molar-refractivity contribution >= 4 is 23.2 Å². The molecular formula is C14H8Cl2N4O2. The van der Waals surface area contributed by atoms with Gasteiger partial charge in [-0.3, -0.25) is 5.10 Å². The highest BCUT2D eigenvalue weighted by Gasteiger charge is 2.16. The number of nitrogens with zero attached hydrogens (tertiary/aromatic N) is 3. The van der Waals surface area contributed by atoms with Crippen LogP contribution in [0.4, 0.5) is 0 Å². The number of hydrogen-bond donors (Lipinski definition) is 1. The Hall–Kier alpha value is -2.31. The van der Waals surface area contributed by atoms with Crippen LogP contribution in [-0.4, -0.2) is 27.2 Å². The Morgan fingerprint density at radius 3 is 2.77 bits per heavy atom. The molecule has 0 fully saturated rings. The van der Waals surface area contributed by atoms with Crippen molar-refractivity contribution in [1.29, 1.82) is 0 Å². The van der Waals surface area contributed by atoms with E-state index in [1.807, 2.05) is 24.3 Å². The molecule has 1 aliphatic heterocycles. The summed E-state index contributed by atoms with van der Waals surface area (Å²) in [6.45, 7) is 0.237. The minimum atomic E-state index is 0.237. The number of nitrogens with one attached hydrogen (secondary N) is 1. The molecule has 6 nitrogen and oxygen atoms in total. The highest BCUT2D eigenvalue weighted by Crippen LogP contribution is 2.36. The summed E-state index contributed by atoms with van der Waals surface area (Å²) in [6, 6.07) is 9.13. The van der Waals surface area contributed by atoms with Crippen molar-refractivity contribution in [1.82, 2.24) is 20.4 Å². The molecule has 0 aliphatic carbocycles. The van der Waals surface area contributed by atoms with E-state index >= 15 is 0 Å². The highest BCUT2D eigenvalue weighted by molar-refractivity contribution is 6.33. The third-order valence-electron chi connectivity index (χ3n) is 3.26. The Balaban J connectivity index is 1.74. The molecule has 0 atom stereocenters. The van der Waals surface area contributed by atoms with Crippen LogP contribution in [0.2, 0.25) is 10.3 Å². The molecule has 4 rings (SSSR count). The quantitative estimate of drug-likeness (QED) is 0.775. The van der Waals surface area contributed by atoms with Gasteiger partial charge in [-0.05, 0) is 30.3 Å². The van der Waals surface area contributed by atoms with E-state index in [1.165, 1.54) is 0 Å². The van der Waals surface area contributed by atoms with Gasteiger partial charge in [-0.2, -0.15) is 5.10 Å². The number of halogens is 2. The molecule has 0 amide bonds. The van der Waals surface area contributed by atoms with Gasteiger partial charge in [0.2, 0.25) is 6.79 Å². The van der Waals surface area contributed by atoms with Gasteiger partial charge in [0.25, 0.3) is 0 Å². The number of fused-ring (bicyclic) bond motifs is 1. The standard InChI is InChI=1S/C14H8Cl2N4O2/c15-13-4-8(14(16)20-19-13)10-5-9(17-18-10)7-1-2-11-12(3-7)22-6-21-11/h1-5H,6H2,(H,17,18). The first-order valence-corrected chi connectivity index (χ1v) is 7.11. The predicted octanol–water partition coefficient (Wildman–Crippen LogP) is 3.57. The third-order valence-corrected chi connectivity index (χ3v) is 3.72. The van der Waals surface area contributed by atoms with Gasteiger partial charge >= 0.3 is 0 Å². The van der Waals surface area contributed by atoms with Crippen molar-refractivity contribution in [3.05, 3.63) is 40.6 Å². The zero-order valence-electron chi connectivity index (χ0n) is 11.0. The first kappa shape index (κ1) is 13.4. The molecule has 1 aromatic carbocycles. The molecule has 0 unspecified atom stereocenters. The van der Waals surface area contributed by atoms with Crippen LogP contribution in [0.5, 0.6) is 11.5 Å². The Morgan fingerprint density at radius 1 is 1.00 bits per heavy atom. The molecule has 22 heavy (non-hydrogen) atoms. The van der Waals surface area contributed by atoms with Crippen molar-refractivity contribution in [3.63, 3.8) is 0 Å². The van der Waals surface area contributed by atoms with Gasteiger partial charge < -0.3 is 9.47 Å². The molecule has 0 saturated heterocycles. The van der Waals surface area contributed by atoms with Crippen LogP contribution in [0.3, 0.4) is 0 Å². The average Bonchev–Trinajstić information content (AvgIpc) is 3.17. The zero-order chi connectivity index (χ0) is 15.1. The van der Waals surface area contributed by atoms with Gasteiger partial charge in [0.05, 0.1) is 11.4 Å². The summed E-state index contributed by atoms with van der Waals surface area (Å²) in [5.41, 5.74) is 2.99. The Kier molecular flexibility index (Phi) is 3.13. The fourth-order valence-electron chi connectivity index (χ4n) is 2.21. The lowest BCUT2D eigenvalue weighted by Gasteiger charge is -2.00. The first-order valence-electron chi connectivity index (χ1n) is 6.35. The number of aromatic amines is 1. The van der Waals surface area contributed by atoms with Crippen LogP contribution in [0.1, 0.15) is 0 Å². The second-order valence-corrected chi connectivity index (χ2v) is 5.35. The van der Waals surface area contributed by atoms with Crippen LogP contribution in [0.25, 0.3) is 22.5 Å². The Bertz CT molecular complexity index is 866. The van der Waals surface area contributed by atoms with Crippen molar-refractivity contribution in [2.45, 2.75) is 0 Å². The van der Waals surface area contributed by atoms with E-state index in [0.29, 0.717) is 17.0 Å². The van der Waals surface area contributed by atoms with Crippen LogP contribution < -0.4 is 9.47 Å². The van der Waals surface area contributed by atoms with Gasteiger partial charge in [-0.15, -0.1) is 10.2 Å². The number of ether oxygens (including phenoxy) is 2. The third kappa shape index (κ3) is 2.26. The maximum Gasteiger partial charge on any atom is 0.231 e. The maximum atomic E-state index is 6.05. The van der Waals surface area contributed by atoms with Gasteiger partial charge in [-0.1, -0.05) is 23.2 Å². The van der Waals surface area contributed by atoms with Crippen LogP contribution >= 0.6 is 23.2 Å². The molecule has 1 aliphatic rings. The molecule has 3 aromatic rings. The molecule has 2 aromatic heterocycles. The minimum absolute atomic E-state index is 0.237. The summed E-state index contributed by atoms with van der Waals surface area (Å²) in [6.07, 6.45) is 0. The number of benzene rings is 1. The summed E-state index contributed by atoms with van der Waals surface area (Å²) < 4.78 is 10.7. The summed E-state index contributed by atoms with van der Waals surface area (Å²) >= 11 is 11.9. The van der Waals surface area contributed by atoms with Gasteiger partial charge in [0.1, 0.15) is 0 Å². The van der Waals surface area contributed by atoms with Gasteiger partial charge in [0, 0.05) is 11.1 Å². The predicted molar refractivity (Wildman–Crippen MR) is 81.2 cm³/mol. The molecular weight excluding hydrogens is 327 g/mol. The lowest BCUT2D eigenvalue weighted by Crippen LogP contribution is -1.92. The van der Waals surface area contributed by atoms with E-state index < -0.39 is 0 Å². The lowest BCUT2D eigenvalue weighted by atomic mass is 10.1. The Morgan fingerprint density at radius 2 is 1.86 bits per heavy atom. The van der Waals surface area contributed by atoms with Crippen LogP contribution in [-0.2, 0) is 0 Å².